The molecule has 5 heteroatoms. The van der Waals surface area contributed by atoms with Crippen molar-refractivity contribution in [3.63, 3.8) is 0 Å². The van der Waals surface area contributed by atoms with Crippen LogP contribution >= 0.6 is 0 Å². The van der Waals surface area contributed by atoms with Crippen LogP contribution in [0.25, 0.3) is 0 Å². The second kappa shape index (κ2) is 9.61. The molecule has 0 bridgehead atoms. The lowest BCUT2D eigenvalue weighted by Crippen LogP contribution is -2.23. The van der Waals surface area contributed by atoms with Crippen molar-refractivity contribution < 1.29 is 19.4 Å². The average molecular weight is 355 g/mol. The Balaban J connectivity index is 2.09. The first-order chi connectivity index (χ1) is 12.5. The van der Waals surface area contributed by atoms with E-state index in [1.807, 2.05) is 18.2 Å². The van der Waals surface area contributed by atoms with Gasteiger partial charge in [0.15, 0.2) is 17.6 Å². The summed E-state index contributed by atoms with van der Waals surface area (Å²) in [6.45, 7) is 3.66. The van der Waals surface area contributed by atoms with Gasteiger partial charge in [0.2, 0.25) is 0 Å². The molecule has 5 nitrogen and oxygen atoms in total. The van der Waals surface area contributed by atoms with Gasteiger partial charge in [-0.1, -0.05) is 25.5 Å². The lowest BCUT2D eigenvalue weighted by atomic mass is 10.1. The van der Waals surface area contributed by atoms with E-state index in [0.717, 1.165) is 17.7 Å². The molecule has 0 heterocycles. The number of aliphatic imine (C=N–C) groups is 1. The van der Waals surface area contributed by atoms with Crippen LogP contribution in [0, 0.1) is 0 Å². The normalized spacial score (nSPS) is 12.1. The summed E-state index contributed by atoms with van der Waals surface area (Å²) in [4.78, 5) is 15.4. The zero-order valence-electron chi connectivity index (χ0n) is 15.4. The SMILES string of the molecule is CCCCc1ccc(N=Cc2ccc(O[C@@H](C)C(=O)O)c(OC)c2)cc1. The van der Waals surface area contributed by atoms with Gasteiger partial charge in [0.05, 0.1) is 12.8 Å². The minimum Gasteiger partial charge on any atom is -0.493 e. The summed E-state index contributed by atoms with van der Waals surface area (Å²) < 4.78 is 10.7. The Labute approximate surface area is 154 Å². The Morgan fingerprint density at radius 1 is 1.19 bits per heavy atom. The van der Waals surface area contributed by atoms with Crippen molar-refractivity contribution in [2.75, 3.05) is 7.11 Å². The minimum absolute atomic E-state index is 0.389. The summed E-state index contributed by atoms with van der Waals surface area (Å²) in [6, 6.07) is 13.5. The average Bonchev–Trinajstić information content (AvgIpc) is 2.66. The van der Waals surface area contributed by atoms with Crippen LogP contribution in [0.5, 0.6) is 11.5 Å². The maximum Gasteiger partial charge on any atom is 0.344 e. The van der Waals surface area contributed by atoms with Crippen LogP contribution in [-0.4, -0.2) is 30.5 Å². The third-order valence-electron chi connectivity index (χ3n) is 3.96. The van der Waals surface area contributed by atoms with Gasteiger partial charge in [0.1, 0.15) is 0 Å². The fraction of sp³-hybridized carbons (Fsp3) is 0.333. The van der Waals surface area contributed by atoms with E-state index in [2.05, 4.69) is 24.0 Å². The molecule has 0 fully saturated rings. The Kier molecular flexibility index (Phi) is 7.21. The Bertz CT molecular complexity index is 753. The Hall–Kier alpha value is -2.82. The molecule has 0 saturated heterocycles. The molecule has 138 valence electrons. The highest BCUT2D eigenvalue weighted by Gasteiger charge is 2.15. The maximum atomic E-state index is 10.9. The first-order valence-corrected chi connectivity index (χ1v) is 8.74. The number of methoxy groups -OCH3 is 1. The molecule has 0 aliphatic heterocycles. The van der Waals surface area contributed by atoms with E-state index >= 15 is 0 Å². The molecular weight excluding hydrogens is 330 g/mol. The van der Waals surface area contributed by atoms with Crippen LogP contribution in [0.4, 0.5) is 5.69 Å². The van der Waals surface area contributed by atoms with E-state index in [0.29, 0.717) is 11.5 Å². The molecule has 0 spiro atoms. The van der Waals surface area contributed by atoms with E-state index in [9.17, 15) is 4.79 Å². The molecule has 0 radical (unpaired) electrons. The van der Waals surface area contributed by atoms with Gasteiger partial charge >= 0.3 is 5.97 Å². The molecule has 1 N–H and O–H groups in total. The van der Waals surface area contributed by atoms with Gasteiger partial charge < -0.3 is 14.6 Å². The predicted molar refractivity (Wildman–Crippen MR) is 103 cm³/mol. The highest BCUT2D eigenvalue weighted by molar-refractivity contribution is 5.83. The quantitative estimate of drug-likeness (QED) is 0.665. The molecule has 0 amide bonds. The minimum atomic E-state index is -1.03. The Morgan fingerprint density at radius 3 is 2.54 bits per heavy atom. The number of benzene rings is 2. The van der Waals surface area contributed by atoms with Crippen molar-refractivity contribution in [3.8, 4) is 11.5 Å². The number of aryl methyl sites for hydroxylation is 1. The smallest absolute Gasteiger partial charge is 0.344 e. The van der Waals surface area contributed by atoms with Gasteiger partial charge in [-0.2, -0.15) is 0 Å². The first-order valence-electron chi connectivity index (χ1n) is 8.74. The number of nitrogens with zero attached hydrogens (tertiary/aromatic N) is 1. The van der Waals surface area contributed by atoms with Crippen molar-refractivity contribution in [2.45, 2.75) is 39.2 Å². The van der Waals surface area contributed by atoms with Gasteiger partial charge in [-0.05, 0) is 61.2 Å². The van der Waals surface area contributed by atoms with Gasteiger partial charge in [-0.15, -0.1) is 0 Å². The molecule has 26 heavy (non-hydrogen) atoms. The standard InChI is InChI=1S/C21H25NO4/c1-4-5-6-16-7-10-18(11-8-16)22-14-17-9-12-19(20(13-17)25-3)26-15(2)21(23)24/h7-15H,4-6H2,1-3H3,(H,23,24)/t15-/m0/s1. The van der Waals surface area contributed by atoms with Crippen molar-refractivity contribution in [2.24, 2.45) is 4.99 Å². The number of hydrogen-bond donors (Lipinski definition) is 1. The van der Waals surface area contributed by atoms with Crippen LogP contribution in [0.15, 0.2) is 47.5 Å². The molecule has 1 atom stereocenters. The third kappa shape index (κ3) is 5.62. The summed E-state index contributed by atoms with van der Waals surface area (Å²) in [5.74, 6) is -0.170. The molecule has 0 saturated carbocycles. The first kappa shape index (κ1) is 19.5. The van der Waals surface area contributed by atoms with Crippen LogP contribution in [0.2, 0.25) is 0 Å². The topological polar surface area (TPSA) is 68.1 Å². The number of carboxylic acids is 1. The van der Waals surface area contributed by atoms with Crippen LogP contribution in [-0.2, 0) is 11.2 Å². The van der Waals surface area contributed by atoms with Gasteiger partial charge in [-0.3, -0.25) is 4.99 Å². The number of ether oxygens (including phenoxy) is 2. The largest absolute Gasteiger partial charge is 0.493 e. The highest BCUT2D eigenvalue weighted by Crippen LogP contribution is 2.28. The number of carboxylic acid groups (broad SMARTS) is 1. The van der Waals surface area contributed by atoms with E-state index in [-0.39, 0.29) is 0 Å². The van der Waals surface area contributed by atoms with Crippen molar-refractivity contribution >= 4 is 17.9 Å². The van der Waals surface area contributed by atoms with E-state index in [4.69, 9.17) is 14.6 Å². The van der Waals surface area contributed by atoms with Gasteiger partial charge in [-0.25, -0.2) is 4.79 Å². The van der Waals surface area contributed by atoms with Crippen molar-refractivity contribution in [1.29, 1.82) is 0 Å². The van der Waals surface area contributed by atoms with Crippen molar-refractivity contribution in [3.05, 3.63) is 53.6 Å². The Morgan fingerprint density at radius 2 is 1.92 bits per heavy atom. The number of hydrogen-bond acceptors (Lipinski definition) is 4. The number of carbonyl (C=O) groups is 1. The van der Waals surface area contributed by atoms with Crippen LogP contribution in [0.1, 0.15) is 37.8 Å². The van der Waals surface area contributed by atoms with Crippen LogP contribution < -0.4 is 9.47 Å². The number of rotatable bonds is 9. The predicted octanol–water partition coefficient (Wildman–Crippen LogP) is 4.64. The molecule has 0 aromatic heterocycles. The summed E-state index contributed by atoms with van der Waals surface area (Å²) in [5.41, 5.74) is 3.04. The highest BCUT2D eigenvalue weighted by atomic mass is 16.5. The molecule has 0 aliphatic rings. The third-order valence-corrected chi connectivity index (χ3v) is 3.96. The summed E-state index contributed by atoms with van der Waals surface area (Å²) in [7, 11) is 1.52. The molecular formula is C21H25NO4. The van der Waals surface area contributed by atoms with Crippen molar-refractivity contribution in [1.82, 2.24) is 0 Å². The van der Waals surface area contributed by atoms with Gasteiger partial charge in [0.25, 0.3) is 0 Å². The molecule has 0 aliphatic carbocycles. The molecule has 2 rings (SSSR count). The lowest BCUT2D eigenvalue weighted by Gasteiger charge is -2.14. The lowest BCUT2D eigenvalue weighted by molar-refractivity contribution is -0.144. The number of aliphatic carboxylic acids is 1. The van der Waals surface area contributed by atoms with E-state index < -0.39 is 12.1 Å². The number of unbranched alkanes of at least 4 members (excludes halogenated alkanes) is 1. The molecule has 2 aromatic rings. The monoisotopic (exact) mass is 355 g/mol. The zero-order valence-corrected chi connectivity index (χ0v) is 15.4. The second-order valence-corrected chi connectivity index (χ2v) is 6.04. The van der Waals surface area contributed by atoms with Crippen LogP contribution in [0.3, 0.4) is 0 Å². The molecule has 2 aromatic carbocycles. The second-order valence-electron chi connectivity index (χ2n) is 6.04. The van der Waals surface area contributed by atoms with E-state index in [1.54, 1.807) is 18.3 Å². The summed E-state index contributed by atoms with van der Waals surface area (Å²) in [6.07, 6.45) is 4.26. The summed E-state index contributed by atoms with van der Waals surface area (Å²) >= 11 is 0. The summed E-state index contributed by atoms with van der Waals surface area (Å²) in [5, 5.41) is 8.95. The van der Waals surface area contributed by atoms with Gasteiger partial charge in [0, 0.05) is 6.21 Å². The maximum absolute atomic E-state index is 10.9. The molecule has 0 unspecified atom stereocenters. The fourth-order valence-electron chi connectivity index (χ4n) is 2.38. The van der Waals surface area contributed by atoms with E-state index in [1.165, 1.54) is 32.4 Å². The fourth-order valence-corrected chi connectivity index (χ4v) is 2.38. The zero-order chi connectivity index (χ0) is 18.9.